The van der Waals surface area contributed by atoms with Crippen molar-refractivity contribution in [3.05, 3.63) is 88.2 Å². The van der Waals surface area contributed by atoms with E-state index >= 15 is 0 Å². The molecule has 30 heavy (non-hydrogen) atoms. The highest BCUT2D eigenvalue weighted by molar-refractivity contribution is 9.10. The zero-order chi connectivity index (χ0) is 20.8. The molecule has 0 radical (unpaired) electrons. The molecular formula is C24H24BrN3O2. The largest absolute Gasteiger partial charge is 0.493 e. The number of rotatable bonds is 9. The fraction of sp³-hybridized carbons (Fsp3) is 0.208. The van der Waals surface area contributed by atoms with Gasteiger partial charge in [-0.1, -0.05) is 42.5 Å². The highest BCUT2D eigenvalue weighted by atomic mass is 79.9. The third-order valence-corrected chi connectivity index (χ3v) is 5.41. The number of hydrogen-bond acceptors (Lipinski definition) is 4. The number of aromatic nitrogens is 2. The molecule has 0 atom stereocenters. The molecule has 0 saturated heterocycles. The van der Waals surface area contributed by atoms with Gasteiger partial charge in [0.1, 0.15) is 12.4 Å². The molecule has 4 aromatic rings. The van der Waals surface area contributed by atoms with Crippen LogP contribution in [0.2, 0.25) is 0 Å². The lowest BCUT2D eigenvalue weighted by atomic mass is 10.2. The average molecular weight is 466 g/mol. The maximum atomic E-state index is 6.01. The molecule has 5 nitrogen and oxygen atoms in total. The maximum absolute atomic E-state index is 6.01. The second-order valence-corrected chi connectivity index (χ2v) is 7.87. The van der Waals surface area contributed by atoms with Crippen molar-refractivity contribution in [2.45, 2.75) is 19.6 Å². The summed E-state index contributed by atoms with van der Waals surface area (Å²) in [5.74, 6) is 2.42. The zero-order valence-electron chi connectivity index (χ0n) is 16.8. The molecule has 3 aromatic carbocycles. The maximum Gasteiger partial charge on any atom is 0.175 e. The van der Waals surface area contributed by atoms with Crippen LogP contribution < -0.4 is 14.8 Å². The Morgan fingerprint density at radius 3 is 2.60 bits per heavy atom. The summed E-state index contributed by atoms with van der Waals surface area (Å²) in [5.41, 5.74) is 4.32. The third kappa shape index (κ3) is 5.01. The van der Waals surface area contributed by atoms with Gasteiger partial charge in [-0.2, -0.15) is 0 Å². The fourth-order valence-electron chi connectivity index (χ4n) is 3.31. The van der Waals surface area contributed by atoms with E-state index < -0.39 is 0 Å². The van der Waals surface area contributed by atoms with Crippen LogP contribution in [0.4, 0.5) is 0 Å². The van der Waals surface area contributed by atoms with Gasteiger partial charge in [0.15, 0.2) is 11.5 Å². The lowest BCUT2D eigenvalue weighted by Gasteiger charge is -2.15. The van der Waals surface area contributed by atoms with Gasteiger partial charge in [-0.05, 0) is 51.3 Å². The van der Waals surface area contributed by atoms with Gasteiger partial charge in [0.25, 0.3) is 0 Å². The van der Waals surface area contributed by atoms with Crippen LogP contribution in [-0.4, -0.2) is 23.6 Å². The summed E-state index contributed by atoms with van der Waals surface area (Å²) in [5, 5.41) is 3.47. The molecule has 0 bridgehead atoms. The number of H-pyrrole nitrogens is 1. The average Bonchev–Trinajstić information content (AvgIpc) is 3.19. The molecule has 4 rings (SSSR count). The topological polar surface area (TPSA) is 59.2 Å². The van der Waals surface area contributed by atoms with E-state index in [0.29, 0.717) is 12.4 Å². The van der Waals surface area contributed by atoms with Gasteiger partial charge in [0.2, 0.25) is 0 Å². The standard InChI is InChI=1S/C24H24BrN3O2/c1-29-22-14-18(13-19(25)24(22)30-16-17-7-3-2-4-8-17)15-26-12-11-23-27-20-9-5-6-10-21(20)28-23/h2-10,13-14,26H,11-12,15-16H2,1H3,(H,27,28). The van der Waals surface area contributed by atoms with Crippen molar-refractivity contribution in [2.75, 3.05) is 13.7 Å². The monoisotopic (exact) mass is 465 g/mol. The van der Waals surface area contributed by atoms with Crippen LogP contribution in [0, 0.1) is 0 Å². The summed E-state index contributed by atoms with van der Waals surface area (Å²) in [4.78, 5) is 7.98. The summed E-state index contributed by atoms with van der Waals surface area (Å²) in [6.45, 7) is 2.05. The Kier molecular flexibility index (Phi) is 6.67. The minimum absolute atomic E-state index is 0.491. The Morgan fingerprint density at radius 2 is 1.80 bits per heavy atom. The molecule has 0 fully saturated rings. The summed E-state index contributed by atoms with van der Waals surface area (Å²) in [6.07, 6.45) is 0.839. The van der Waals surface area contributed by atoms with Crippen molar-refractivity contribution in [1.82, 2.24) is 15.3 Å². The van der Waals surface area contributed by atoms with Crippen LogP contribution in [0.25, 0.3) is 11.0 Å². The van der Waals surface area contributed by atoms with Crippen LogP contribution >= 0.6 is 15.9 Å². The van der Waals surface area contributed by atoms with Gasteiger partial charge in [-0.25, -0.2) is 4.98 Å². The number of fused-ring (bicyclic) bond motifs is 1. The fourth-order valence-corrected chi connectivity index (χ4v) is 3.91. The van der Waals surface area contributed by atoms with Crippen molar-refractivity contribution < 1.29 is 9.47 Å². The van der Waals surface area contributed by atoms with Gasteiger partial charge in [-0.15, -0.1) is 0 Å². The van der Waals surface area contributed by atoms with E-state index in [2.05, 4.69) is 37.3 Å². The van der Waals surface area contributed by atoms with E-state index in [1.807, 2.05) is 60.7 Å². The Bertz CT molecular complexity index is 1080. The zero-order valence-corrected chi connectivity index (χ0v) is 18.4. The number of methoxy groups -OCH3 is 1. The van der Waals surface area contributed by atoms with E-state index in [-0.39, 0.29) is 0 Å². The number of ether oxygens (including phenoxy) is 2. The lowest BCUT2D eigenvalue weighted by Crippen LogP contribution is -2.17. The van der Waals surface area contributed by atoms with Crippen molar-refractivity contribution >= 4 is 27.0 Å². The molecule has 154 valence electrons. The molecule has 6 heteroatoms. The summed E-state index contributed by atoms with van der Waals surface area (Å²) in [6, 6.07) is 22.3. The van der Waals surface area contributed by atoms with Gasteiger partial charge < -0.3 is 19.8 Å². The summed E-state index contributed by atoms with van der Waals surface area (Å²) < 4.78 is 12.5. The lowest BCUT2D eigenvalue weighted by molar-refractivity contribution is 0.282. The first-order valence-electron chi connectivity index (χ1n) is 9.90. The van der Waals surface area contributed by atoms with Crippen LogP contribution in [0.5, 0.6) is 11.5 Å². The summed E-state index contributed by atoms with van der Waals surface area (Å²) in [7, 11) is 1.66. The van der Waals surface area contributed by atoms with E-state index in [1.165, 1.54) is 0 Å². The van der Waals surface area contributed by atoms with E-state index in [1.54, 1.807) is 7.11 Å². The Morgan fingerprint density at radius 1 is 1.00 bits per heavy atom. The number of halogens is 1. The Hall–Kier alpha value is -2.83. The molecular weight excluding hydrogens is 442 g/mol. The highest BCUT2D eigenvalue weighted by Gasteiger charge is 2.12. The third-order valence-electron chi connectivity index (χ3n) is 4.82. The van der Waals surface area contributed by atoms with Crippen molar-refractivity contribution in [2.24, 2.45) is 0 Å². The number of aromatic amines is 1. The SMILES string of the molecule is COc1cc(CNCCc2nc3ccccc3[nH]2)cc(Br)c1OCc1ccccc1. The van der Waals surface area contributed by atoms with Crippen LogP contribution in [0.3, 0.4) is 0 Å². The second kappa shape index (κ2) is 9.78. The molecule has 0 aliphatic carbocycles. The number of para-hydroxylation sites is 2. The van der Waals surface area contributed by atoms with E-state index in [4.69, 9.17) is 9.47 Å². The van der Waals surface area contributed by atoms with E-state index in [0.717, 1.165) is 57.7 Å². The number of hydrogen-bond donors (Lipinski definition) is 2. The molecule has 0 unspecified atom stereocenters. The normalized spacial score (nSPS) is 11.0. The van der Waals surface area contributed by atoms with Crippen molar-refractivity contribution in [3.63, 3.8) is 0 Å². The highest BCUT2D eigenvalue weighted by Crippen LogP contribution is 2.37. The minimum atomic E-state index is 0.491. The van der Waals surface area contributed by atoms with Gasteiger partial charge in [0, 0.05) is 19.5 Å². The van der Waals surface area contributed by atoms with Gasteiger partial charge in [0.05, 0.1) is 22.6 Å². The van der Waals surface area contributed by atoms with Crippen LogP contribution in [-0.2, 0) is 19.6 Å². The predicted octanol–water partition coefficient (Wildman–Crippen LogP) is 5.25. The molecule has 1 aromatic heterocycles. The molecule has 0 spiro atoms. The molecule has 0 saturated carbocycles. The molecule has 1 heterocycles. The van der Waals surface area contributed by atoms with E-state index in [9.17, 15) is 0 Å². The first-order valence-corrected chi connectivity index (χ1v) is 10.7. The van der Waals surface area contributed by atoms with Gasteiger partial charge >= 0.3 is 0 Å². The smallest absolute Gasteiger partial charge is 0.175 e. The number of benzene rings is 3. The second-order valence-electron chi connectivity index (χ2n) is 7.01. The molecule has 0 aliphatic rings. The summed E-state index contributed by atoms with van der Waals surface area (Å²) >= 11 is 3.63. The molecule has 0 amide bonds. The number of nitrogens with zero attached hydrogens (tertiary/aromatic N) is 1. The molecule has 2 N–H and O–H groups in total. The van der Waals surface area contributed by atoms with Gasteiger partial charge in [-0.3, -0.25) is 0 Å². The molecule has 0 aliphatic heterocycles. The van der Waals surface area contributed by atoms with Crippen molar-refractivity contribution in [1.29, 1.82) is 0 Å². The predicted molar refractivity (Wildman–Crippen MR) is 123 cm³/mol. The van der Waals surface area contributed by atoms with Crippen LogP contribution in [0.15, 0.2) is 71.2 Å². The Labute approximate surface area is 184 Å². The van der Waals surface area contributed by atoms with Crippen molar-refractivity contribution in [3.8, 4) is 11.5 Å². The number of imidazole rings is 1. The number of nitrogens with one attached hydrogen (secondary N) is 2. The quantitative estimate of drug-likeness (QED) is 0.331. The van der Waals surface area contributed by atoms with Crippen LogP contribution in [0.1, 0.15) is 17.0 Å². The first kappa shape index (κ1) is 20.4. The minimum Gasteiger partial charge on any atom is -0.493 e. The first-order chi connectivity index (χ1) is 14.7. The Balaban J connectivity index is 1.34.